The van der Waals surface area contributed by atoms with Gasteiger partial charge in [-0.05, 0) is 26.1 Å². The van der Waals surface area contributed by atoms with Gasteiger partial charge in [0.05, 0.1) is 7.11 Å². The fourth-order valence-corrected chi connectivity index (χ4v) is 1.41. The number of esters is 1. The summed E-state index contributed by atoms with van der Waals surface area (Å²) in [6.45, 7) is 2.55. The zero-order valence-corrected chi connectivity index (χ0v) is 10.9. The van der Waals surface area contributed by atoms with E-state index in [0.29, 0.717) is 13.2 Å². The van der Waals surface area contributed by atoms with E-state index < -0.39 is 0 Å². The smallest absolute Gasteiger partial charge is 0.322 e. The maximum absolute atomic E-state index is 13.2. The number of rotatable bonds is 6. The van der Waals surface area contributed by atoms with E-state index in [1.807, 2.05) is 0 Å². The number of benzene rings is 1. The number of methoxy groups -OCH3 is 1. The monoisotopic (exact) mass is 255 g/mol. The molecule has 1 atom stereocenters. The van der Waals surface area contributed by atoms with Crippen LogP contribution in [0.1, 0.15) is 6.92 Å². The van der Waals surface area contributed by atoms with Gasteiger partial charge in [0, 0.05) is 6.54 Å². The van der Waals surface area contributed by atoms with Gasteiger partial charge < -0.3 is 9.47 Å². The van der Waals surface area contributed by atoms with Crippen LogP contribution in [0.15, 0.2) is 24.3 Å². The van der Waals surface area contributed by atoms with Gasteiger partial charge in [-0.25, -0.2) is 4.39 Å². The maximum Gasteiger partial charge on any atom is 0.322 e. The molecule has 0 fully saturated rings. The van der Waals surface area contributed by atoms with E-state index in [4.69, 9.17) is 4.74 Å². The zero-order valence-electron chi connectivity index (χ0n) is 10.9. The molecule has 100 valence electrons. The number of ether oxygens (including phenoxy) is 2. The van der Waals surface area contributed by atoms with Gasteiger partial charge in [-0.15, -0.1) is 0 Å². The molecule has 0 heterocycles. The van der Waals surface area contributed by atoms with E-state index in [2.05, 4.69) is 4.74 Å². The van der Waals surface area contributed by atoms with Crippen molar-refractivity contribution in [1.29, 1.82) is 0 Å². The van der Waals surface area contributed by atoms with Crippen molar-refractivity contribution in [3.63, 3.8) is 0 Å². The van der Waals surface area contributed by atoms with Crippen LogP contribution in [-0.4, -0.2) is 44.2 Å². The molecule has 0 aliphatic carbocycles. The predicted octanol–water partition coefficient (Wildman–Crippen LogP) is 1.70. The van der Waals surface area contributed by atoms with Gasteiger partial charge in [0.15, 0.2) is 11.6 Å². The van der Waals surface area contributed by atoms with Gasteiger partial charge >= 0.3 is 5.97 Å². The second-order valence-corrected chi connectivity index (χ2v) is 3.96. The molecule has 5 heteroatoms. The SMILES string of the molecule is COC(=O)C(C)N(C)CCOc1ccccc1F. The molecule has 0 aromatic heterocycles. The highest BCUT2D eigenvalue weighted by Gasteiger charge is 2.18. The third kappa shape index (κ3) is 4.00. The van der Waals surface area contributed by atoms with Gasteiger partial charge in [-0.1, -0.05) is 12.1 Å². The Kier molecular flexibility index (Phi) is 5.58. The van der Waals surface area contributed by atoms with Gasteiger partial charge in [0.1, 0.15) is 12.6 Å². The van der Waals surface area contributed by atoms with Crippen LogP contribution in [0.5, 0.6) is 5.75 Å². The lowest BCUT2D eigenvalue weighted by Gasteiger charge is -2.22. The van der Waals surface area contributed by atoms with Crippen molar-refractivity contribution in [3.05, 3.63) is 30.1 Å². The Balaban J connectivity index is 2.38. The molecule has 1 aromatic carbocycles. The van der Waals surface area contributed by atoms with Crippen LogP contribution in [0.25, 0.3) is 0 Å². The first-order valence-electron chi connectivity index (χ1n) is 5.71. The predicted molar refractivity (Wildman–Crippen MR) is 66.0 cm³/mol. The van der Waals surface area contributed by atoms with Gasteiger partial charge in [0.2, 0.25) is 0 Å². The largest absolute Gasteiger partial charge is 0.489 e. The maximum atomic E-state index is 13.2. The Hall–Kier alpha value is -1.62. The highest BCUT2D eigenvalue weighted by molar-refractivity contribution is 5.75. The van der Waals surface area contributed by atoms with Crippen molar-refractivity contribution in [2.24, 2.45) is 0 Å². The Morgan fingerprint density at radius 2 is 2.11 bits per heavy atom. The fourth-order valence-electron chi connectivity index (χ4n) is 1.41. The molecule has 1 aromatic rings. The molecule has 0 aliphatic heterocycles. The summed E-state index contributed by atoms with van der Waals surface area (Å²) in [6, 6.07) is 5.88. The summed E-state index contributed by atoms with van der Waals surface area (Å²) in [5, 5.41) is 0. The van der Waals surface area contributed by atoms with Crippen molar-refractivity contribution in [1.82, 2.24) is 4.90 Å². The molecule has 0 saturated heterocycles. The molecule has 18 heavy (non-hydrogen) atoms. The van der Waals surface area contributed by atoms with Crippen molar-refractivity contribution < 1.29 is 18.7 Å². The normalized spacial score (nSPS) is 12.3. The standard InChI is InChI=1S/C13H18FNO3/c1-10(13(16)17-3)15(2)8-9-18-12-7-5-4-6-11(12)14/h4-7,10H,8-9H2,1-3H3. The molecule has 0 saturated carbocycles. The average Bonchev–Trinajstić information content (AvgIpc) is 2.39. The van der Waals surface area contributed by atoms with E-state index in [0.717, 1.165) is 0 Å². The molecule has 0 spiro atoms. The fraction of sp³-hybridized carbons (Fsp3) is 0.462. The second-order valence-electron chi connectivity index (χ2n) is 3.96. The zero-order chi connectivity index (χ0) is 13.5. The van der Waals surface area contributed by atoms with Crippen LogP contribution in [0, 0.1) is 5.82 Å². The molecule has 0 aliphatic rings. The number of likely N-dealkylation sites (N-methyl/N-ethyl adjacent to an activating group) is 1. The summed E-state index contributed by atoms with van der Waals surface area (Å²) in [4.78, 5) is 13.1. The number of para-hydroxylation sites is 1. The lowest BCUT2D eigenvalue weighted by molar-refractivity contribution is -0.145. The van der Waals surface area contributed by atoms with Crippen molar-refractivity contribution in [2.75, 3.05) is 27.3 Å². The van der Waals surface area contributed by atoms with Crippen molar-refractivity contribution >= 4 is 5.97 Å². The molecule has 1 rings (SSSR count). The molecule has 4 nitrogen and oxygen atoms in total. The van der Waals surface area contributed by atoms with E-state index in [1.165, 1.54) is 13.2 Å². The average molecular weight is 255 g/mol. The quantitative estimate of drug-likeness (QED) is 0.725. The summed E-state index contributed by atoms with van der Waals surface area (Å²) < 4.78 is 23.2. The van der Waals surface area contributed by atoms with Gasteiger partial charge in [0.25, 0.3) is 0 Å². The molecular formula is C13H18FNO3. The van der Waals surface area contributed by atoms with E-state index in [1.54, 1.807) is 37.1 Å². The number of hydrogen-bond donors (Lipinski definition) is 0. The molecule has 0 radical (unpaired) electrons. The van der Waals surface area contributed by atoms with E-state index in [9.17, 15) is 9.18 Å². The summed E-state index contributed by atoms with van der Waals surface area (Å²) in [7, 11) is 3.13. The van der Waals surface area contributed by atoms with Crippen LogP contribution < -0.4 is 4.74 Å². The van der Waals surface area contributed by atoms with Crippen LogP contribution in [0.4, 0.5) is 4.39 Å². The van der Waals surface area contributed by atoms with Crippen LogP contribution >= 0.6 is 0 Å². The summed E-state index contributed by atoms with van der Waals surface area (Å²) in [5.74, 6) is -0.471. The highest BCUT2D eigenvalue weighted by atomic mass is 19.1. The van der Waals surface area contributed by atoms with Gasteiger partial charge in [-0.2, -0.15) is 0 Å². The Bertz CT molecular complexity index is 398. The first-order valence-corrected chi connectivity index (χ1v) is 5.71. The van der Waals surface area contributed by atoms with E-state index in [-0.39, 0.29) is 23.6 Å². The van der Waals surface area contributed by atoms with Crippen molar-refractivity contribution in [3.8, 4) is 5.75 Å². The summed E-state index contributed by atoms with van der Waals surface area (Å²) in [6.07, 6.45) is 0. The van der Waals surface area contributed by atoms with Crippen LogP contribution in [0.3, 0.4) is 0 Å². The Morgan fingerprint density at radius 1 is 1.44 bits per heavy atom. The Morgan fingerprint density at radius 3 is 2.72 bits per heavy atom. The lowest BCUT2D eigenvalue weighted by Crippen LogP contribution is -2.39. The summed E-state index contributed by atoms with van der Waals surface area (Å²) in [5.41, 5.74) is 0. The lowest BCUT2D eigenvalue weighted by atomic mass is 10.3. The molecular weight excluding hydrogens is 237 g/mol. The number of carbonyl (C=O) groups excluding carboxylic acids is 1. The minimum Gasteiger partial charge on any atom is -0.489 e. The second kappa shape index (κ2) is 6.96. The minimum absolute atomic E-state index is 0.219. The number of halogens is 1. The third-order valence-electron chi connectivity index (χ3n) is 2.74. The number of carbonyl (C=O) groups is 1. The minimum atomic E-state index is -0.388. The topological polar surface area (TPSA) is 38.8 Å². The third-order valence-corrected chi connectivity index (χ3v) is 2.74. The molecule has 1 unspecified atom stereocenters. The highest BCUT2D eigenvalue weighted by Crippen LogP contribution is 2.15. The Labute approximate surface area is 106 Å². The molecule has 0 N–H and O–H groups in total. The summed E-state index contributed by atoms with van der Waals surface area (Å²) >= 11 is 0. The molecule has 0 amide bonds. The number of hydrogen-bond acceptors (Lipinski definition) is 4. The van der Waals surface area contributed by atoms with E-state index >= 15 is 0 Å². The van der Waals surface area contributed by atoms with Gasteiger partial charge in [-0.3, -0.25) is 9.69 Å². The first-order chi connectivity index (χ1) is 8.56. The van der Waals surface area contributed by atoms with Crippen LogP contribution in [0.2, 0.25) is 0 Å². The van der Waals surface area contributed by atoms with Crippen molar-refractivity contribution in [2.45, 2.75) is 13.0 Å². The van der Waals surface area contributed by atoms with Crippen LogP contribution in [-0.2, 0) is 9.53 Å². The molecule has 0 bridgehead atoms. The number of nitrogens with zero attached hydrogens (tertiary/aromatic N) is 1. The first kappa shape index (κ1) is 14.4.